The van der Waals surface area contributed by atoms with Crippen molar-refractivity contribution < 1.29 is 0 Å². The van der Waals surface area contributed by atoms with Crippen molar-refractivity contribution in [3.05, 3.63) is 16.4 Å². The first-order chi connectivity index (χ1) is 8.44. The first-order valence-corrected chi connectivity index (χ1v) is 7.25. The lowest BCUT2D eigenvalue weighted by atomic mass is 9.69. The molecule has 0 saturated heterocycles. The maximum atomic E-state index is 6.47. The third-order valence-electron chi connectivity index (χ3n) is 4.58. The van der Waals surface area contributed by atoms with Crippen LogP contribution >= 0.6 is 11.6 Å². The van der Waals surface area contributed by atoms with E-state index in [1.807, 2.05) is 14.0 Å². The van der Waals surface area contributed by atoms with Gasteiger partial charge in [0.1, 0.15) is 5.15 Å². The number of hydrogen-bond acceptors (Lipinski definition) is 2. The van der Waals surface area contributed by atoms with Gasteiger partial charge >= 0.3 is 0 Å². The van der Waals surface area contributed by atoms with E-state index in [4.69, 9.17) is 17.3 Å². The van der Waals surface area contributed by atoms with Crippen LogP contribution in [0.25, 0.3) is 0 Å². The van der Waals surface area contributed by atoms with Crippen LogP contribution in [0.5, 0.6) is 0 Å². The van der Waals surface area contributed by atoms with E-state index in [0.29, 0.717) is 0 Å². The predicted molar refractivity (Wildman–Crippen MR) is 75.8 cm³/mol. The van der Waals surface area contributed by atoms with E-state index >= 15 is 0 Å². The van der Waals surface area contributed by atoms with Crippen molar-refractivity contribution in [1.29, 1.82) is 0 Å². The zero-order valence-electron chi connectivity index (χ0n) is 11.7. The largest absolute Gasteiger partial charge is 0.327 e. The molecule has 0 amide bonds. The van der Waals surface area contributed by atoms with Gasteiger partial charge in [0.15, 0.2) is 0 Å². The van der Waals surface area contributed by atoms with Crippen molar-refractivity contribution in [3.8, 4) is 0 Å². The Morgan fingerprint density at radius 1 is 1.39 bits per heavy atom. The summed E-state index contributed by atoms with van der Waals surface area (Å²) in [6.07, 6.45) is 7.30. The van der Waals surface area contributed by atoms with Gasteiger partial charge in [0.2, 0.25) is 0 Å². The van der Waals surface area contributed by atoms with Crippen LogP contribution in [0.3, 0.4) is 0 Å². The number of nitrogens with two attached hydrogens (primary N) is 1. The molecule has 1 aromatic rings. The molecule has 1 atom stereocenters. The molecule has 1 aliphatic carbocycles. The van der Waals surface area contributed by atoms with Crippen LogP contribution in [0.4, 0.5) is 0 Å². The Bertz CT molecular complexity index is 419. The van der Waals surface area contributed by atoms with Crippen LogP contribution in [0.2, 0.25) is 5.15 Å². The minimum Gasteiger partial charge on any atom is -0.327 e. The number of nitrogens with zero attached hydrogens (tertiary/aromatic N) is 2. The van der Waals surface area contributed by atoms with Gasteiger partial charge in [0.05, 0.1) is 5.69 Å². The molecule has 1 aromatic heterocycles. The first-order valence-electron chi connectivity index (χ1n) is 6.87. The van der Waals surface area contributed by atoms with E-state index in [1.165, 1.54) is 32.1 Å². The second-order valence-electron chi connectivity index (χ2n) is 6.00. The third-order valence-corrected chi connectivity index (χ3v) is 5.06. The number of halogens is 1. The van der Waals surface area contributed by atoms with Gasteiger partial charge in [0, 0.05) is 18.7 Å². The quantitative estimate of drug-likeness (QED) is 0.916. The van der Waals surface area contributed by atoms with Crippen LogP contribution in [0.15, 0.2) is 0 Å². The second-order valence-corrected chi connectivity index (χ2v) is 6.36. The van der Waals surface area contributed by atoms with Crippen LogP contribution in [-0.4, -0.2) is 15.8 Å². The highest BCUT2D eigenvalue weighted by Crippen LogP contribution is 2.39. The smallest absolute Gasteiger partial charge is 0.130 e. The summed E-state index contributed by atoms with van der Waals surface area (Å²) < 4.78 is 1.74. The van der Waals surface area contributed by atoms with E-state index in [2.05, 4.69) is 12.0 Å². The normalized spacial score (nSPS) is 20.9. The minimum atomic E-state index is 0.179. The van der Waals surface area contributed by atoms with Crippen molar-refractivity contribution in [2.24, 2.45) is 18.2 Å². The minimum absolute atomic E-state index is 0.179. The number of aromatic nitrogens is 2. The van der Waals surface area contributed by atoms with Gasteiger partial charge in [-0.1, -0.05) is 37.8 Å². The zero-order chi connectivity index (χ0) is 13.3. The molecule has 2 N–H and O–H groups in total. The summed E-state index contributed by atoms with van der Waals surface area (Å²) in [6.45, 7) is 4.34. The summed E-state index contributed by atoms with van der Waals surface area (Å²) in [4.78, 5) is 0. The van der Waals surface area contributed by atoms with Gasteiger partial charge in [-0.15, -0.1) is 0 Å². The summed E-state index contributed by atoms with van der Waals surface area (Å²) in [5, 5.41) is 5.10. The molecule has 1 unspecified atom stereocenters. The molecule has 1 aliphatic rings. The lowest BCUT2D eigenvalue weighted by molar-refractivity contribution is 0.168. The summed E-state index contributed by atoms with van der Waals surface area (Å²) in [5.74, 6) is 0. The van der Waals surface area contributed by atoms with Crippen LogP contribution in [0, 0.1) is 12.3 Å². The Morgan fingerprint density at radius 3 is 2.50 bits per heavy atom. The molecular formula is C14H24ClN3. The molecule has 2 rings (SSSR count). The van der Waals surface area contributed by atoms with Gasteiger partial charge in [-0.25, -0.2) is 0 Å². The number of hydrogen-bond donors (Lipinski definition) is 1. The van der Waals surface area contributed by atoms with Crippen molar-refractivity contribution in [1.82, 2.24) is 9.78 Å². The van der Waals surface area contributed by atoms with Crippen LogP contribution in [0.1, 0.15) is 50.3 Å². The summed E-state index contributed by atoms with van der Waals surface area (Å²) in [7, 11) is 1.88. The zero-order valence-corrected chi connectivity index (χ0v) is 12.4. The Morgan fingerprint density at radius 2 is 2.00 bits per heavy atom. The molecule has 1 heterocycles. The van der Waals surface area contributed by atoms with E-state index in [9.17, 15) is 0 Å². The van der Waals surface area contributed by atoms with Crippen LogP contribution < -0.4 is 5.73 Å². The van der Waals surface area contributed by atoms with Crippen molar-refractivity contribution in [2.75, 3.05) is 0 Å². The summed E-state index contributed by atoms with van der Waals surface area (Å²) in [6, 6.07) is 0.179. The Kier molecular flexibility index (Phi) is 4.02. The molecule has 4 heteroatoms. The molecule has 0 spiro atoms. The molecule has 102 valence electrons. The average Bonchev–Trinajstić information content (AvgIpc) is 2.57. The highest BCUT2D eigenvalue weighted by molar-refractivity contribution is 6.30. The Hall–Kier alpha value is -0.540. The molecule has 0 aromatic carbocycles. The highest BCUT2D eigenvalue weighted by atomic mass is 35.5. The highest BCUT2D eigenvalue weighted by Gasteiger charge is 2.34. The lowest BCUT2D eigenvalue weighted by Crippen LogP contribution is -2.42. The first kappa shape index (κ1) is 13.9. The third kappa shape index (κ3) is 2.57. The molecular weight excluding hydrogens is 246 g/mol. The van der Waals surface area contributed by atoms with E-state index in [0.717, 1.165) is 22.8 Å². The lowest BCUT2D eigenvalue weighted by Gasteiger charge is -2.39. The molecule has 0 aliphatic heterocycles. The van der Waals surface area contributed by atoms with Crippen molar-refractivity contribution in [2.45, 2.75) is 58.4 Å². The molecule has 0 bridgehead atoms. The molecule has 1 saturated carbocycles. The molecule has 0 radical (unpaired) electrons. The van der Waals surface area contributed by atoms with E-state index < -0.39 is 0 Å². The fraction of sp³-hybridized carbons (Fsp3) is 0.786. The monoisotopic (exact) mass is 269 g/mol. The molecule has 1 fully saturated rings. The maximum absolute atomic E-state index is 6.47. The fourth-order valence-corrected chi connectivity index (χ4v) is 3.35. The topological polar surface area (TPSA) is 43.8 Å². The Balaban J connectivity index is 2.13. The van der Waals surface area contributed by atoms with E-state index in [-0.39, 0.29) is 11.5 Å². The fourth-order valence-electron chi connectivity index (χ4n) is 3.10. The van der Waals surface area contributed by atoms with Gasteiger partial charge in [-0.05, 0) is 31.6 Å². The number of rotatable bonds is 3. The van der Waals surface area contributed by atoms with Crippen LogP contribution in [-0.2, 0) is 13.5 Å². The second kappa shape index (κ2) is 5.22. The van der Waals surface area contributed by atoms with Crippen molar-refractivity contribution >= 4 is 11.6 Å². The molecule has 18 heavy (non-hydrogen) atoms. The average molecular weight is 270 g/mol. The summed E-state index contributed by atoms with van der Waals surface area (Å²) >= 11 is 6.29. The van der Waals surface area contributed by atoms with Gasteiger partial charge < -0.3 is 5.73 Å². The van der Waals surface area contributed by atoms with Gasteiger partial charge in [-0.2, -0.15) is 5.10 Å². The van der Waals surface area contributed by atoms with Crippen molar-refractivity contribution in [3.63, 3.8) is 0 Å². The standard InChI is InChI=1S/C14H24ClN3/c1-10-11(13(15)18(3)17-10)9-12(16)14(2)7-5-4-6-8-14/h12H,4-9,16H2,1-3H3. The summed E-state index contributed by atoms with van der Waals surface area (Å²) in [5.41, 5.74) is 8.87. The Labute approximate surface area is 115 Å². The number of aryl methyl sites for hydroxylation is 2. The van der Waals surface area contributed by atoms with E-state index in [1.54, 1.807) is 4.68 Å². The van der Waals surface area contributed by atoms with Gasteiger partial charge in [0.25, 0.3) is 0 Å². The molecule has 3 nitrogen and oxygen atoms in total. The van der Waals surface area contributed by atoms with Gasteiger partial charge in [-0.3, -0.25) is 4.68 Å². The SMILES string of the molecule is Cc1nn(C)c(Cl)c1CC(N)C1(C)CCCCC1. The maximum Gasteiger partial charge on any atom is 0.130 e. The predicted octanol–water partition coefficient (Wildman–Crippen LogP) is 3.22.